The molecule has 292 valence electrons. The van der Waals surface area contributed by atoms with E-state index in [9.17, 15) is 9.59 Å². The van der Waals surface area contributed by atoms with Crippen molar-refractivity contribution in [3.8, 4) is 0 Å². The van der Waals surface area contributed by atoms with Crippen LogP contribution in [-0.2, 0) is 0 Å². The molecule has 0 heterocycles. The molecule has 0 fully saturated rings. The van der Waals surface area contributed by atoms with Crippen molar-refractivity contribution in [2.45, 2.75) is 77.0 Å². The number of benzene rings is 4. The molecule has 0 aliphatic rings. The minimum Gasteiger partial charge on any atom is -0.338 e. The highest BCUT2D eigenvalue weighted by molar-refractivity contribution is 5.74. The zero-order valence-corrected chi connectivity index (χ0v) is 31.5. The van der Waals surface area contributed by atoms with Crippen molar-refractivity contribution in [1.82, 2.24) is 31.9 Å². The Kier molecular flexibility index (Phi) is 22.6. The minimum atomic E-state index is -0.0956. The lowest BCUT2D eigenvalue weighted by atomic mass is 9.88. The normalized spacial score (nSPS) is 10.9. The Morgan fingerprint density at radius 2 is 0.630 bits per heavy atom. The Balaban J connectivity index is 0.00000784. The van der Waals surface area contributed by atoms with Crippen LogP contribution < -0.4 is 31.9 Å². The predicted octanol–water partition coefficient (Wildman–Crippen LogP) is 8.58. The summed E-state index contributed by atoms with van der Waals surface area (Å²) in [7, 11) is 0. The molecule has 0 radical (unpaired) electrons. The molecule has 0 bridgehead atoms. The van der Waals surface area contributed by atoms with Gasteiger partial charge in [0.1, 0.15) is 0 Å². The van der Waals surface area contributed by atoms with E-state index in [1.807, 2.05) is 24.3 Å². The van der Waals surface area contributed by atoms with Crippen LogP contribution in [0.1, 0.15) is 99.3 Å². The molecule has 4 aromatic rings. The van der Waals surface area contributed by atoms with Gasteiger partial charge in [0.2, 0.25) is 0 Å². The van der Waals surface area contributed by atoms with Crippen LogP contribution in [0.3, 0.4) is 0 Å². The molecule has 6 N–H and O–H groups in total. The van der Waals surface area contributed by atoms with Crippen LogP contribution in [-0.4, -0.2) is 64.4 Å². The Morgan fingerprint density at radius 1 is 0.352 bits per heavy atom. The van der Waals surface area contributed by atoms with Crippen molar-refractivity contribution in [3.05, 3.63) is 144 Å². The van der Waals surface area contributed by atoms with Gasteiger partial charge < -0.3 is 31.9 Å². The number of hydrogen-bond acceptors (Lipinski definition) is 4. The highest BCUT2D eigenvalue weighted by Gasteiger charge is 2.15. The molecule has 0 aliphatic heterocycles. The van der Waals surface area contributed by atoms with E-state index >= 15 is 0 Å². The van der Waals surface area contributed by atoms with E-state index in [1.54, 1.807) is 0 Å². The predicted molar refractivity (Wildman–Crippen MR) is 226 cm³/mol. The zero-order chi connectivity index (χ0) is 37.0. The first-order chi connectivity index (χ1) is 26.2. The first kappa shape index (κ1) is 43.7. The third-order valence-corrected chi connectivity index (χ3v) is 9.58. The number of unbranched alkanes of at least 4 members (excludes halogenated alkanes) is 4. The highest BCUT2D eigenvalue weighted by Crippen LogP contribution is 2.28. The molecular weight excluding hydrogens is 669 g/mol. The summed E-state index contributed by atoms with van der Waals surface area (Å²) in [6.45, 7) is 6.44. The molecule has 8 nitrogen and oxygen atoms in total. The average Bonchev–Trinajstić information content (AvgIpc) is 3.20. The second-order valence-corrected chi connectivity index (χ2v) is 13.7. The van der Waals surface area contributed by atoms with Crippen LogP contribution >= 0.6 is 0 Å². The largest absolute Gasteiger partial charge is 0.338 e. The molecule has 4 rings (SSSR count). The average molecular weight is 735 g/mol. The maximum Gasteiger partial charge on any atom is 0.314 e. The van der Waals surface area contributed by atoms with Crippen molar-refractivity contribution in [1.29, 1.82) is 0 Å². The van der Waals surface area contributed by atoms with E-state index in [0.717, 1.165) is 51.9 Å². The minimum absolute atomic E-state index is 0. The second-order valence-electron chi connectivity index (χ2n) is 13.7. The molecule has 54 heavy (non-hydrogen) atoms. The first-order valence-electron chi connectivity index (χ1n) is 19.9. The number of carbonyl (C=O) groups excluding carboxylic acids is 2. The Bertz CT molecular complexity index is 1310. The maximum atomic E-state index is 12.3. The lowest BCUT2D eigenvalue weighted by Crippen LogP contribution is -2.37. The van der Waals surface area contributed by atoms with E-state index < -0.39 is 0 Å². The summed E-state index contributed by atoms with van der Waals surface area (Å²) in [5.41, 5.74) is 5.08. The summed E-state index contributed by atoms with van der Waals surface area (Å²) in [6, 6.07) is 41.8. The van der Waals surface area contributed by atoms with E-state index in [1.165, 1.54) is 54.4 Å². The monoisotopic (exact) mass is 735 g/mol. The molecule has 0 spiro atoms. The second kappa shape index (κ2) is 27.9. The van der Waals surface area contributed by atoms with Crippen molar-refractivity contribution in [2.24, 2.45) is 0 Å². The van der Waals surface area contributed by atoms with E-state index in [-0.39, 0.29) is 31.3 Å². The van der Waals surface area contributed by atoms with Crippen LogP contribution in [0.15, 0.2) is 121 Å². The summed E-state index contributed by atoms with van der Waals surface area (Å²) >= 11 is 0. The third kappa shape index (κ3) is 17.9. The number of carbonyl (C=O) groups is 2. The summed E-state index contributed by atoms with van der Waals surface area (Å²) in [4.78, 5) is 24.6. The van der Waals surface area contributed by atoms with Gasteiger partial charge in [-0.2, -0.15) is 0 Å². The Hall–Kier alpha value is -4.66. The van der Waals surface area contributed by atoms with Crippen LogP contribution in [0, 0.1) is 0 Å². The van der Waals surface area contributed by atoms with Gasteiger partial charge >= 0.3 is 12.1 Å². The highest BCUT2D eigenvalue weighted by atomic mass is 16.2. The quantitative estimate of drug-likeness (QED) is 0.0364. The van der Waals surface area contributed by atoms with E-state index in [4.69, 9.17) is 0 Å². The molecule has 0 saturated heterocycles. The van der Waals surface area contributed by atoms with Gasteiger partial charge in [-0.15, -0.1) is 0 Å². The molecule has 8 heteroatoms. The van der Waals surface area contributed by atoms with Crippen LogP contribution in [0.2, 0.25) is 0 Å². The molecule has 4 aromatic carbocycles. The number of rotatable bonds is 26. The van der Waals surface area contributed by atoms with Crippen LogP contribution in [0.4, 0.5) is 9.59 Å². The zero-order valence-electron chi connectivity index (χ0n) is 31.5. The molecule has 0 atom stereocenters. The lowest BCUT2D eigenvalue weighted by Gasteiger charge is -2.18. The van der Waals surface area contributed by atoms with Gasteiger partial charge in [-0.05, 0) is 87.0 Å². The number of nitrogens with one attached hydrogen (secondary N) is 6. The fourth-order valence-electron chi connectivity index (χ4n) is 6.69. The summed E-state index contributed by atoms with van der Waals surface area (Å²) in [6.07, 6.45) is 9.61. The molecule has 0 unspecified atom stereocenters. The molecule has 4 amide bonds. The topological polar surface area (TPSA) is 106 Å². The van der Waals surface area contributed by atoms with Crippen molar-refractivity contribution in [3.63, 3.8) is 0 Å². The van der Waals surface area contributed by atoms with Gasteiger partial charge in [0.05, 0.1) is 0 Å². The van der Waals surface area contributed by atoms with Gasteiger partial charge in [-0.3, -0.25) is 0 Å². The van der Waals surface area contributed by atoms with Crippen molar-refractivity contribution >= 4 is 12.1 Å². The molecular formula is C46H66N6O2. The standard InChI is InChI=1S/C45H62N6O2.CH4/c52-44(50-36-28-42(38-20-8-4-9-21-38)39-22-10-5-11-23-39)48-34-18-32-46-30-16-2-1-3-17-31-47-33-19-35-49-45(53)51-37-29-43(40-24-12-6-13-25-40)41-26-14-7-15-27-41;/h4-15,20-27,42-43,46-47H,1-3,16-19,28-37H2,(H2,48,50,52)(H2,49,51,53);1H4. The SMILES string of the molecule is C.O=C(NCCCNCCCCCCCNCCCNC(=O)NCCC(c1ccccc1)c1ccccc1)NCCC(c1ccccc1)c1ccccc1. The van der Waals surface area contributed by atoms with Gasteiger partial charge in [-0.1, -0.05) is 148 Å². The van der Waals surface area contributed by atoms with Crippen LogP contribution in [0.25, 0.3) is 0 Å². The van der Waals surface area contributed by atoms with E-state index in [2.05, 4.69) is 129 Å². The van der Waals surface area contributed by atoms with Gasteiger partial charge in [0.15, 0.2) is 0 Å². The maximum absolute atomic E-state index is 12.3. The lowest BCUT2D eigenvalue weighted by molar-refractivity contribution is 0.239. The van der Waals surface area contributed by atoms with Crippen molar-refractivity contribution < 1.29 is 9.59 Å². The summed E-state index contributed by atoms with van der Waals surface area (Å²) in [5.74, 6) is 0.519. The first-order valence-corrected chi connectivity index (χ1v) is 19.9. The number of hydrogen-bond donors (Lipinski definition) is 6. The van der Waals surface area contributed by atoms with Crippen molar-refractivity contribution in [2.75, 3.05) is 52.4 Å². The fraction of sp³-hybridized carbons (Fsp3) is 0.435. The van der Waals surface area contributed by atoms with Gasteiger partial charge in [0.25, 0.3) is 0 Å². The third-order valence-electron chi connectivity index (χ3n) is 9.58. The Morgan fingerprint density at radius 3 is 0.963 bits per heavy atom. The molecule has 0 saturated carbocycles. The fourth-order valence-corrected chi connectivity index (χ4v) is 6.69. The summed E-state index contributed by atoms with van der Waals surface area (Å²) < 4.78 is 0. The summed E-state index contributed by atoms with van der Waals surface area (Å²) in [5, 5.41) is 19.1. The number of urea groups is 2. The van der Waals surface area contributed by atoms with Gasteiger partial charge in [-0.25, -0.2) is 9.59 Å². The molecule has 0 aromatic heterocycles. The van der Waals surface area contributed by atoms with Gasteiger partial charge in [0, 0.05) is 38.0 Å². The molecule has 0 aliphatic carbocycles. The smallest absolute Gasteiger partial charge is 0.314 e. The number of amides is 4. The van der Waals surface area contributed by atoms with Crippen LogP contribution in [0.5, 0.6) is 0 Å². The van der Waals surface area contributed by atoms with E-state index in [0.29, 0.717) is 26.2 Å². The Labute approximate surface area is 325 Å².